The number of carbonyl (C=O) groups excluding carboxylic acids is 1. The van der Waals surface area contributed by atoms with Crippen molar-refractivity contribution in [2.24, 2.45) is 5.10 Å². The topological polar surface area (TPSA) is 74.8 Å². The summed E-state index contributed by atoms with van der Waals surface area (Å²) >= 11 is 0. The summed E-state index contributed by atoms with van der Waals surface area (Å²) in [4.78, 5) is 12.3. The van der Waals surface area contributed by atoms with Crippen LogP contribution in [0.15, 0.2) is 46.1 Å². The molecule has 0 unspecified atom stereocenters. The molecule has 24 heavy (non-hydrogen) atoms. The van der Waals surface area contributed by atoms with Crippen LogP contribution < -0.4 is 5.43 Å². The van der Waals surface area contributed by atoms with Gasteiger partial charge in [-0.1, -0.05) is 23.8 Å². The Labute approximate surface area is 139 Å². The standard InChI is InChI=1S/C19H18N2O3/c1-11-4-5-14(12(2)8-11)9-20-21-19(23)15-6-7-16-17(18(15)22)13(3)10-24-16/h4-10,22H,1-3H3,(H,21,23). The molecule has 0 bridgehead atoms. The van der Waals surface area contributed by atoms with Crippen LogP contribution in [0.3, 0.4) is 0 Å². The maximum Gasteiger partial charge on any atom is 0.275 e. The lowest BCUT2D eigenvalue weighted by Gasteiger charge is -2.05. The molecule has 0 saturated heterocycles. The van der Waals surface area contributed by atoms with E-state index in [1.165, 1.54) is 11.6 Å². The van der Waals surface area contributed by atoms with E-state index in [1.54, 1.807) is 18.5 Å². The Bertz CT molecular complexity index is 955. The summed E-state index contributed by atoms with van der Waals surface area (Å²) < 4.78 is 5.30. The van der Waals surface area contributed by atoms with Crippen molar-refractivity contribution in [2.45, 2.75) is 20.8 Å². The van der Waals surface area contributed by atoms with Crippen molar-refractivity contribution in [1.29, 1.82) is 0 Å². The second-order valence-electron chi connectivity index (χ2n) is 5.81. The molecule has 1 aromatic heterocycles. The van der Waals surface area contributed by atoms with Crippen molar-refractivity contribution in [3.63, 3.8) is 0 Å². The Hall–Kier alpha value is -3.08. The number of nitrogens with zero attached hydrogens (tertiary/aromatic N) is 1. The number of benzene rings is 2. The predicted molar refractivity (Wildman–Crippen MR) is 93.6 cm³/mol. The zero-order valence-corrected chi connectivity index (χ0v) is 13.8. The van der Waals surface area contributed by atoms with E-state index in [0.29, 0.717) is 11.0 Å². The molecule has 3 aromatic rings. The van der Waals surface area contributed by atoms with Crippen LogP contribution in [0.4, 0.5) is 0 Å². The lowest BCUT2D eigenvalue weighted by atomic mass is 10.1. The molecule has 2 aromatic carbocycles. The summed E-state index contributed by atoms with van der Waals surface area (Å²) in [7, 11) is 0. The van der Waals surface area contributed by atoms with E-state index >= 15 is 0 Å². The third-order valence-electron chi connectivity index (χ3n) is 3.94. The van der Waals surface area contributed by atoms with Crippen molar-refractivity contribution in [1.82, 2.24) is 5.43 Å². The number of nitrogens with one attached hydrogen (secondary N) is 1. The molecule has 0 fully saturated rings. The van der Waals surface area contributed by atoms with Gasteiger partial charge in [0.1, 0.15) is 11.3 Å². The molecule has 0 spiro atoms. The van der Waals surface area contributed by atoms with E-state index < -0.39 is 5.91 Å². The number of furan rings is 1. The lowest BCUT2D eigenvalue weighted by molar-refractivity contribution is 0.0952. The maximum atomic E-state index is 12.3. The Morgan fingerprint density at radius 2 is 1.96 bits per heavy atom. The third kappa shape index (κ3) is 2.88. The van der Waals surface area contributed by atoms with Crippen LogP contribution in [0, 0.1) is 20.8 Å². The highest BCUT2D eigenvalue weighted by atomic mass is 16.3. The molecule has 0 aliphatic rings. The van der Waals surface area contributed by atoms with E-state index in [-0.39, 0.29) is 11.3 Å². The van der Waals surface area contributed by atoms with Gasteiger partial charge in [-0.25, -0.2) is 5.43 Å². The number of amides is 1. The fourth-order valence-electron chi connectivity index (χ4n) is 2.64. The lowest BCUT2D eigenvalue weighted by Crippen LogP contribution is -2.17. The predicted octanol–water partition coefficient (Wildman–Crippen LogP) is 3.83. The first-order chi connectivity index (χ1) is 11.5. The Balaban J connectivity index is 1.81. The van der Waals surface area contributed by atoms with Crippen LogP contribution in [0.5, 0.6) is 5.75 Å². The summed E-state index contributed by atoms with van der Waals surface area (Å²) in [6.07, 6.45) is 3.13. The minimum absolute atomic E-state index is 0.0991. The number of fused-ring (bicyclic) bond motifs is 1. The summed E-state index contributed by atoms with van der Waals surface area (Å²) in [5.41, 5.74) is 7.09. The highest BCUT2D eigenvalue weighted by Gasteiger charge is 2.16. The highest BCUT2D eigenvalue weighted by Crippen LogP contribution is 2.32. The number of phenolic OH excluding ortho intramolecular Hbond substituents is 1. The third-order valence-corrected chi connectivity index (χ3v) is 3.94. The molecule has 0 saturated carbocycles. The fourth-order valence-corrected chi connectivity index (χ4v) is 2.64. The molecule has 0 radical (unpaired) electrons. The van der Waals surface area contributed by atoms with Crippen LogP contribution in [0.25, 0.3) is 11.0 Å². The van der Waals surface area contributed by atoms with Gasteiger partial charge in [0.25, 0.3) is 5.91 Å². The molecule has 2 N–H and O–H groups in total. The molecular formula is C19H18N2O3. The van der Waals surface area contributed by atoms with E-state index in [9.17, 15) is 9.90 Å². The fraction of sp³-hybridized carbons (Fsp3) is 0.158. The van der Waals surface area contributed by atoms with E-state index in [1.807, 2.05) is 39.0 Å². The highest BCUT2D eigenvalue weighted by molar-refractivity contribution is 6.03. The maximum absolute atomic E-state index is 12.3. The molecular weight excluding hydrogens is 304 g/mol. The first kappa shape index (κ1) is 15.8. The molecule has 0 atom stereocenters. The minimum atomic E-state index is -0.476. The molecule has 5 nitrogen and oxygen atoms in total. The second-order valence-corrected chi connectivity index (χ2v) is 5.81. The normalized spacial score (nSPS) is 11.3. The first-order valence-corrected chi connectivity index (χ1v) is 7.58. The van der Waals surface area contributed by atoms with Gasteiger partial charge in [-0.3, -0.25) is 4.79 Å². The van der Waals surface area contributed by atoms with Crippen molar-refractivity contribution >= 4 is 23.1 Å². The molecule has 1 heterocycles. The number of hydrazone groups is 1. The quantitative estimate of drug-likeness (QED) is 0.568. The molecule has 0 aliphatic heterocycles. The van der Waals surface area contributed by atoms with Gasteiger partial charge in [-0.15, -0.1) is 0 Å². The van der Waals surface area contributed by atoms with Crippen LogP contribution in [0.1, 0.15) is 32.6 Å². The minimum Gasteiger partial charge on any atom is -0.506 e. The Morgan fingerprint density at radius 1 is 1.17 bits per heavy atom. The number of phenols is 1. The average molecular weight is 322 g/mol. The SMILES string of the molecule is Cc1ccc(C=NNC(=O)c2ccc3occ(C)c3c2O)c(C)c1. The van der Waals surface area contributed by atoms with E-state index in [0.717, 1.165) is 16.7 Å². The van der Waals surface area contributed by atoms with Crippen molar-refractivity contribution in [3.8, 4) is 5.75 Å². The molecule has 3 rings (SSSR count). The van der Waals surface area contributed by atoms with E-state index in [4.69, 9.17) is 4.42 Å². The summed E-state index contributed by atoms with van der Waals surface area (Å²) in [5, 5.41) is 14.8. The van der Waals surface area contributed by atoms with Crippen molar-refractivity contribution in [3.05, 3.63) is 64.4 Å². The van der Waals surface area contributed by atoms with Crippen LogP contribution in [-0.4, -0.2) is 17.2 Å². The van der Waals surface area contributed by atoms with Gasteiger partial charge < -0.3 is 9.52 Å². The van der Waals surface area contributed by atoms with E-state index in [2.05, 4.69) is 10.5 Å². The van der Waals surface area contributed by atoms with Gasteiger partial charge in [-0.2, -0.15) is 5.10 Å². The summed E-state index contributed by atoms with van der Waals surface area (Å²) in [5.74, 6) is -0.575. The van der Waals surface area contributed by atoms with Crippen LogP contribution >= 0.6 is 0 Å². The Morgan fingerprint density at radius 3 is 2.71 bits per heavy atom. The van der Waals surface area contributed by atoms with Gasteiger partial charge >= 0.3 is 0 Å². The smallest absolute Gasteiger partial charge is 0.275 e. The number of rotatable bonds is 3. The van der Waals surface area contributed by atoms with Gasteiger partial charge in [0.05, 0.1) is 23.4 Å². The van der Waals surface area contributed by atoms with Gasteiger partial charge in [0.15, 0.2) is 0 Å². The van der Waals surface area contributed by atoms with Crippen LogP contribution in [0.2, 0.25) is 0 Å². The molecule has 122 valence electrons. The zero-order chi connectivity index (χ0) is 17.3. The number of aryl methyl sites for hydroxylation is 3. The van der Waals surface area contributed by atoms with Crippen molar-refractivity contribution in [2.75, 3.05) is 0 Å². The summed E-state index contributed by atoms with van der Waals surface area (Å²) in [6, 6.07) is 9.15. The summed E-state index contributed by atoms with van der Waals surface area (Å²) in [6.45, 7) is 5.82. The van der Waals surface area contributed by atoms with Gasteiger partial charge in [0.2, 0.25) is 0 Å². The Kier molecular flexibility index (Phi) is 4.08. The zero-order valence-electron chi connectivity index (χ0n) is 13.8. The molecule has 1 amide bonds. The number of carbonyl (C=O) groups is 1. The molecule has 5 heteroatoms. The van der Waals surface area contributed by atoms with Crippen molar-refractivity contribution < 1.29 is 14.3 Å². The van der Waals surface area contributed by atoms with Crippen LogP contribution in [-0.2, 0) is 0 Å². The number of aromatic hydroxyl groups is 1. The van der Waals surface area contributed by atoms with Gasteiger partial charge in [0, 0.05) is 0 Å². The largest absolute Gasteiger partial charge is 0.506 e. The number of hydrogen-bond donors (Lipinski definition) is 2. The second kappa shape index (κ2) is 6.20. The monoisotopic (exact) mass is 322 g/mol. The molecule has 0 aliphatic carbocycles. The number of hydrogen-bond acceptors (Lipinski definition) is 4. The van der Waals surface area contributed by atoms with Gasteiger partial charge in [-0.05, 0) is 49.6 Å². The first-order valence-electron chi connectivity index (χ1n) is 7.58. The average Bonchev–Trinajstić information content (AvgIpc) is 2.92.